The van der Waals surface area contributed by atoms with Crippen LogP contribution < -0.4 is 10.4 Å². The van der Waals surface area contributed by atoms with Gasteiger partial charge in [0.05, 0.1) is 0 Å². The first-order valence-electron chi connectivity index (χ1n) is 7.29. The summed E-state index contributed by atoms with van der Waals surface area (Å²) in [6.07, 6.45) is 5.60. The van der Waals surface area contributed by atoms with Crippen LogP contribution in [0.25, 0.3) is 23.3 Å². The summed E-state index contributed by atoms with van der Waals surface area (Å²) in [7, 11) is 0. The van der Waals surface area contributed by atoms with E-state index >= 15 is 0 Å². The van der Waals surface area contributed by atoms with Gasteiger partial charge >= 0.3 is 0 Å². The van der Waals surface area contributed by atoms with Crippen LogP contribution >= 0.6 is 0 Å². The maximum Gasteiger partial charge on any atom is -0.0151 e. The third-order valence-corrected chi connectivity index (χ3v) is 3.55. The number of hydrogen-bond acceptors (Lipinski definition) is 0. The third-order valence-electron chi connectivity index (χ3n) is 3.55. The van der Waals surface area contributed by atoms with Crippen LogP contribution in [0.5, 0.6) is 0 Å². The zero-order valence-corrected chi connectivity index (χ0v) is 11.9. The van der Waals surface area contributed by atoms with Crippen LogP contribution in [0.2, 0.25) is 0 Å². The number of fused-ring (bicyclic) bond motifs is 1. The fraction of sp³-hybridized carbons (Fsp3) is 0.0476. The average molecular weight is 270 g/mol. The summed E-state index contributed by atoms with van der Waals surface area (Å²) < 4.78 is 0. The monoisotopic (exact) mass is 270 g/mol. The van der Waals surface area contributed by atoms with Gasteiger partial charge in [0.15, 0.2) is 0 Å². The topological polar surface area (TPSA) is 0 Å². The fourth-order valence-corrected chi connectivity index (χ4v) is 2.46. The van der Waals surface area contributed by atoms with E-state index in [9.17, 15) is 0 Å². The Labute approximate surface area is 125 Å². The van der Waals surface area contributed by atoms with E-state index in [-0.39, 0.29) is 0 Å². The van der Waals surface area contributed by atoms with Gasteiger partial charge in [0.25, 0.3) is 0 Å². The molecule has 0 amide bonds. The van der Waals surface area contributed by atoms with Gasteiger partial charge in [0.2, 0.25) is 0 Å². The number of rotatable bonds is 1. The molecule has 0 radical (unpaired) electrons. The van der Waals surface area contributed by atoms with Gasteiger partial charge in [0.1, 0.15) is 0 Å². The van der Waals surface area contributed by atoms with Crippen LogP contribution in [0.15, 0.2) is 84.9 Å². The molecule has 0 N–H and O–H groups in total. The number of benzene rings is 3. The molecule has 3 aromatic rings. The average Bonchev–Trinajstić information content (AvgIpc) is 3.06. The van der Waals surface area contributed by atoms with Crippen molar-refractivity contribution in [2.24, 2.45) is 0 Å². The van der Waals surface area contributed by atoms with E-state index in [1.807, 2.05) is 12.1 Å². The molecule has 0 saturated heterocycles. The van der Waals surface area contributed by atoms with Crippen molar-refractivity contribution in [3.05, 3.63) is 95.4 Å². The van der Waals surface area contributed by atoms with Crippen molar-refractivity contribution in [3.63, 3.8) is 0 Å². The first-order valence-corrected chi connectivity index (χ1v) is 7.29. The zero-order valence-electron chi connectivity index (χ0n) is 11.9. The molecule has 0 aromatic heterocycles. The second kappa shape index (κ2) is 6.71. The molecule has 0 nitrogen and oxygen atoms in total. The summed E-state index contributed by atoms with van der Waals surface area (Å²) >= 11 is 0. The minimum atomic E-state index is 1.11. The lowest BCUT2D eigenvalue weighted by Gasteiger charge is -1.98. The molecule has 0 heteroatoms. The van der Waals surface area contributed by atoms with Gasteiger partial charge in [-0.2, -0.15) is 0 Å². The molecule has 0 saturated carbocycles. The van der Waals surface area contributed by atoms with Gasteiger partial charge in [-0.25, -0.2) is 0 Å². The SMILES string of the molecule is C1=c2ccccc2=CC1.c1ccc(-c2ccccc2)cc1. The van der Waals surface area contributed by atoms with Gasteiger partial charge in [-0.05, 0) is 28.0 Å². The fourth-order valence-electron chi connectivity index (χ4n) is 2.46. The highest BCUT2D eigenvalue weighted by atomic mass is 14.0. The highest BCUT2D eigenvalue weighted by molar-refractivity contribution is 5.62. The Kier molecular flexibility index (Phi) is 4.28. The summed E-state index contributed by atoms with van der Waals surface area (Å²) in [6.45, 7) is 0. The predicted molar refractivity (Wildman–Crippen MR) is 91.1 cm³/mol. The maximum atomic E-state index is 2.25. The molecule has 1 aliphatic rings. The molecule has 21 heavy (non-hydrogen) atoms. The molecule has 102 valence electrons. The van der Waals surface area contributed by atoms with Gasteiger partial charge < -0.3 is 0 Å². The van der Waals surface area contributed by atoms with Crippen LogP contribution in [-0.4, -0.2) is 0 Å². The van der Waals surface area contributed by atoms with Crippen LogP contribution in [0.1, 0.15) is 6.42 Å². The molecular formula is C21H18. The third kappa shape index (κ3) is 3.49. The van der Waals surface area contributed by atoms with Crippen molar-refractivity contribution in [1.82, 2.24) is 0 Å². The second-order valence-electron chi connectivity index (χ2n) is 5.00. The van der Waals surface area contributed by atoms with Crippen molar-refractivity contribution in [3.8, 4) is 11.1 Å². The Hall–Kier alpha value is -2.60. The Morgan fingerprint density at radius 3 is 1.24 bits per heavy atom. The van der Waals surface area contributed by atoms with E-state index in [0.717, 1.165) is 6.42 Å². The summed E-state index contributed by atoms with van der Waals surface area (Å²) in [5.74, 6) is 0. The van der Waals surface area contributed by atoms with E-state index in [0.29, 0.717) is 0 Å². The van der Waals surface area contributed by atoms with Crippen molar-refractivity contribution < 1.29 is 0 Å². The van der Waals surface area contributed by atoms with Gasteiger partial charge in [0, 0.05) is 0 Å². The van der Waals surface area contributed by atoms with E-state index < -0.39 is 0 Å². The summed E-state index contributed by atoms with van der Waals surface area (Å²) in [6, 6.07) is 29.2. The second-order valence-corrected chi connectivity index (χ2v) is 5.00. The molecule has 1 aliphatic carbocycles. The Balaban J connectivity index is 0.000000131. The zero-order chi connectivity index (χ0) is 14.3. The molecule has 0 aliphatic heterocycles. The smallest absolute Gasteiger partial charge is 0.0151 e. The molecular weight excluding hydrogens is 252 g/mol. The summed E-state index contributed by atoms with van der Waals surface area (Å²) in [5, 5.41) is 2.77. The van der Waals surface area contributed by atoms with E-state index in [1.54, 1.807) is 0 Å². The largest absolute Gasteiger partial charge is 0.0729 e. The first-order chi connectivity index (χ1) is 10.4. The molecule has 0 unspecified atom stereocenters. The minimum absolute atomic E-state index is 1.11. The van der Waals surface area contributed by atoms with E-state index in [1.165, 1.54) is 21.6 Å². The quantitative estimate of drug-likeness (QED) is 0.627. The van der Waals surface area contributed by atoms with E-state index in [2.05, 4.69) is 84.9 Å². The van der Waals surface area contributed by atoms with Gasteiger partial charge in [-0.3, -0.25) is 0 Å². The van der Waals surface area contributed by atoms with E-state index in [4.69, 9.17) is 0 Å². The highest BCUT2D eigenvalue weighted by Crippen LogP contribution is 2.17. The minimum Gasteiger partial charge on any atom is -0.0729 e. The maximum absolute atomic E-state index is 2.25. The van der Waals surface area contributed by atoms with Crippen molar-refractivity contribution in [1.29, 1.82) is 0 Å². The van der Waals surface area contributed by atoms with Crippen LogP contribution in [0, 0.1) is 0 Å². The van der Waals surface area contributed by atoms with Gasteiger partial charge in [-0.15, -0.1) is 0 Å². The van der Waals surface area contributed by atoms with Crippen molar-refractivity contribution in [2.75, 3.05) is 0 Å². The Morgan fingerprint density at radius 1 is 0.429 bits per heavy atom. The standard InChI is InChI=1S/C12H10.C9H8/c1-3-7-11(8-4-1)12-9-5-2-6-10-12;1-2-5-9-7-3-6-8(9)4-1/h1-10H;1-2,4-7H,3H2. The summed E-state index contributed by atoms with van der Waals surface area (Å²) in [4.78, 5) is 0. The molecule has 0 spiro atoms. The lowest BCUT2D eigenvalue weighted by atomic mass is 10.1. The highest BCUT2D eigenvalue weighted by Gasteiger charge is 1.91. The lowest BCUT2D eigenvalue weighted by molar-refractivity contribution is 1.55. The molecule has 3 aromatic carbocycles. The first kappa shape index (κ1) is 13.4. The van der Waals surface area contributed by atoms with Crippen molar-refractivity contribution >= 4 is 12.2 Å². The van der Waals surface area contributed by atoms with Crippen LogP contribution in [-0.2, 0) is 0 Å². The molecule has 0 atom stereocenters. The van der Waals surface area contributed by atoms with Gasteiger partial charge in [-0.1, -0.05) is 97.1 Å². The normalized spacial score (nSPS) is 11.4. The predicted octanol–water partition coefficient (Wildman–Crippen LogP) is 4.00. The van der Waals surface area contributed by atoms with Crippen molar-refractivity contribution in [2.45, 2.75) is 6.42 Å². The lowest BCUT2D eigenvalue weighted by Crippen LogP contribution is -2.19. The van der Waals surface area contributed by atoms with Crippen LogP contribution in [0.3, 0.4) is 0 Å². The Morgan fingerprint density at radius 2 is 0.810 bits per heavy atom. The number of hydrogen-bond donors (Lipinski definition) is 0. The molecule has 4 rings (SSSR count). The molecule has 0 fully saturated rings. The molecule has 0 bridgehead atoms. The Bertz CT molecular complexity index is 729. The molecule has 0 heterocycles. The van der Waals surface area contributed by atoms with Crippen LogP contribution in [0.4, 0.5) is 0 Å². The summed E-state index contributed by atoms with van der Waals surface area (Å²) in [5.41, 5.74) is 2.55.